The molecular weight excluding hydrogens is 238 g/mol. The highest BCUT2D eigenvalue weighted by Crippen LogP contribution is 2.30. The van der Waals surface area contributed by atoms with Crippen LogP contribution in [0.1, 0.15) is 45.2 Å². The maximum absolute atomic E-state index is 12.7. The van der Waals surface area contributed by atoms with Crippen molar-refractivity contribution in [2.75, 3.05) is 13.6 Å². The molecule has 0 spiro atoms. The molecule has 0 saturated heterocycles. The second-order valence-electron chi connectivity index (χ2n) is 5.06. The zero-order valence-corrected chi connectivity index (χ0v) is 12.4. The summed E-state index contributed by atoms with van der Waals surface area (Å²) in [5.74, 6) is 0.129. The van der Waals surface area contributed by atoms with Crippen molar-refractivity contribution < 1.29 is 4.79 Å². The first-order chi connectivity index (χ1) is 9.02. The second kappa shape index (κ2) is 6.66. The molecule has 4 heteroatoms. The van der Waals surface area contributed by atoms with Gasteiger partial charge >= 0.3 is 0 Å². The van der Waals surface area contributed by atoms with Gasteiger partial charge in [0.25, 0.3) is 0 Å². The quantitative estimate of drug-likeness (QED) is 0.857. The molecule has 0 aliphatic carbocycles. The summed E-state index contributed by atoms with van der Waals surface area (Å²) in [4.78, 5) is 18.5. The predicted octanol–water partition coefficient (Wildman–Crippen LogP) is 2.37. The number of hydrogen-bond donors (Lipinski definition) is 1. The summed E-state index contributed by atoms with van der Waals surface area (Å²) in [5, 5.41) is 0. The van der Waals surface area contributed by atoms with Gasteiger partial charge in [-0.1, -0.05) is 13.8 Å². The van der Waals surface area contributed by atoms with Gasteiger partial charge in [-0.3, -0.25) is 9.78 Å². The molecule has 4 nitrogen and oxygen atoms in total. The highest BCUT2D eigenvalue weighted by Gasteiger charge is 2.37. The number of aromatic nitrogens is 1. The number of carbonyl (C=O) groups is 1. The monoisotopic (exact) mass is 263 g/mol. The molecule has 1 aromatic rings. The Bertz CT molecular complexity index is 393. The average molecular weight is 263 g/mol. The lowest BCUT2D eigenvalue weighted by atomic mass is 9.80. The van der Waals surface area contributed by atoms with Crippen molar-refractivity contribution in [3.63, 3.8) is 0 Å². The summed E-state index contributed by atoms with van der Waals surface area (Å²) in [7, 11) is 1.85. The smallest absolute Gasteiger partial charge is 0.230 e. The third kappa shape index (κ3) is 3.13. The van der Waals surface area contributed by atoms with Crippen LogP contribution in [-0.2, 0) is 4.79 Å². The molecule has 106 valence electrons. The SMILES string of the molecule is CCC(CC)(CN)C(=O)N(C)C(C)c1ccncc1. The van der Waals surface area contributed by atoms with Gasteiger partial charge in [0.15, 0.2) is 0 Å². The van der Waals surface area contributed by atoms with Crippen LogP contribution >= 0.6 is 0 Å². The third-order valence-corrected chi connectivity index (χ3v) is 4.29. The Morgan fingerprint density at radius 2 is 1.89 bits per heavy atom. The number of pyridine rings is 1. The van der Waals surface area contributed by atoms with Gasteiger partial charge in [0.05, 0.1) is 11.5 Å². The van der Waals surface area contributed by atoms with Crippen LogP contribution in [0.4, 0.5) is 0 Å². The minimum atomic E-state index is -0.434. The maximum Gasteiger partial charge on any atom is 0.230 e. The fourth-order valence-corrected chi connectivity index (χ4v) is 2.34. The molecule has 1 rings (SSSR count). The van der Waals surface area contributed by atoms with E-state index in [-0.39, 0.29) is 11.9 Å². The van der Waals surface area contributed by atoms with Crippen LogP contribution in [0.15, 0.2) is 24.5 Å². The normalized spacial score (nSPS) is 13.1. The highest BCUT2D eigenvalue weighted by molar-refractivity contribution is 5.83. The van der Waals surface area contributed by atoms with Gasteiger partial charge in [0, 0.05) is 26.0 Å². The topological polar surface area (TPSA) is 59.2 Å². The van der Waals surface area contributed by atoms with Gasteiger partial charge in [-0.2, -0.15) is 0 Å². The minimum Gasteiger partial charge on any atom is -0.338 e. The number of hydrogen-bond acceptors (Lipinski definition) is 3. The maximum atomic E-state index is 12.7. The zero-order valence-electron chi connectivity index (χ0n) is 12.4. The molecule has 0 bridgehead atoms. The lowest BCUT2D eigenvalue weighted by molar-refractivity contribution is -0.142. The van der Waals surface area contributed by atoms with E-state index in [0.717, 1.165) is 18.4 Å². The first-order valence-corrected chi connectivity index (χ1v) is 6.89. The van der Waals surface area contributed by atoms with E-state index in [1.165, 1.54) is 0 Å². The lowest BCUT2D eigenvalue weighted by Gasteiger charge is -2.36. The predicted molar refractivity (Wildman–Crippen MR) is 77.5 cm³/mol. The number of amides is 1. The van der Waals surface area contributed by atoms with Crippen molar-refractivity contribution in [1.82, 2.24) is 9.88 Å². The average Bonchev–Trinajstić information content (AvgIpc) is 2.48. The van der Waals surface area contributed by atoms with E-state index in [2.05, 4.69) is 4.98 Å². The van der Waals surface area contributed by atoms with Crippen molar-refractivity contribution in [3.8, 4) is 0 Å². The zero-order chi connectivity index (χ0) is 14.5. The Hall–Kier alpha value is -1.42. The van der Waals surface area contributed by atoms with Gasteiger partial charge in [0.1, 0.15) is 0 Å². The molecule has 2 N–H and O–H groups in total. The van der Waals surface area contributed by atoms with E-state index in [1.54, 1.807) is 17.3 Å². The van der Waals surface area contributed by atoms with Crippen LogP contribution in [0.25, 0.3) is 0 Å². The van der Waals surface area contributed by atoms with Crippen LogP contribution in [-0.4, -0.2) is 29.4 Å². The molecule has 0 aliphatic rings. The Kier molecular flexibility index (Phi) is 5.48. The fraction of sp³-hybridized carbons (Fsp3) is 0.600. The van der Waals surface area contributed by atoms with Crippen LogP contribution in [0.3, 0.4) is 0 Å². The van der Waals surface area contributed by atoms with Crippen LogP contribution in [0.2, 0.25) is 0 Å². The Morgan fingerprint density at radius 3 is 2.32 bits per heavy atom. The van der Waals surface area contributed by atoms with E-state index in [4.69, 9.17) is 5.73 Å². The molecule has 0 radical (unpaired) electrons. The van der Waals surface area contributed by atoms with E-state index >= 15 is 0 Å². The molecule has 1 amide bonds. The number of nitrogens with zero attached hydrogens (tertiary/aromatic N) is 2. The first kappa shape index (κ1) is 15.6. The van der Waals surface area contributed by atoms with Crippen molar-refractivity contribution in [3.05, 3.63) is 30.1 Å². The summed E-state index contributed by atoms with van der Waals surface area (Å²) in [5.41, 5.74) is 6.50. The molecule has 0 fully saturated rings. The molecule has 1 heterocycles. The molecule has 0 aliphatic heterocycles. The van der Waals surface area contributed by atoms with Crippen LogP contribution in [0, 0.1) is 5.41 Å². The van der Waals surface area contributed by atoms with E-state index in [9.17, 15) is 4.79 Å². The van der Waals surface area contributed by atoms with Gasteiger partial charge in [-0.05, 0) is 37.5 Å². The minimum absolute atomic E-state index is 0.0273. The van der Waals surface area contributed by atoms with Crippen molar-refractivity contribution in [2.45, 2.75) is 39.7 Å². The number of rotatable bonds is 6. The van der Waals surface area contributed by atoms with Gasteiger partial charge in [-0.15, -0.1) is 0 Å². The third-order valence-electron chi connectivity index (χ3n) is 4.29. The summed E-state index contributed by atoms with van der Waals surface area (Å²) >= 11 is 0. The fourth-order valence-electron chi connectivity index (χ4n) is 2.34. The Labute approximate surface area is 116 Å². The first-order valence-electron chi connectivity index (χ1n) is 6.89. The summed E-state index contributed by atoms with van der Waals surface area (Å²) < 4.78 is 0. The molecule has 1 atom stereocenters. The standard InChI is InChI=1S/C15H25N3O/c1-5-15(6-2,11-16)14(19)18(4)12(3)13-7-9-17-10-8-13/h7-10,12H,5-6,11,16H2,1-4H3. The second-order valence-corrected chi connectivity index (χ2v) is 5.06. The molecule has 19 heavy (non-hydrogen) atoms. The molecular formula is C15H25N3O. The number of nitrogens with two attached hydrogens (primary N) is 1. The Morgan fingerprint density at radius 1 is 1.37 bits per heavy atom. The van der Waals surface area contributed by atoms with Crippen LogP contribution in [0.5, 0.6) is 0 Å². The molecule has 0 saturated carbocycles. The lowest BCUT2D eigenvalue weighted by Crippen LogP contribution is -2.46. The molecule has 1 unspecified atom stereocenters. The van der Waals surface area contributed by atoms with Crippen molar-refractivity contribution >= 4 is 5.91 Å². The van der Waals surface area contributed by atoms with E-state index in [0.29, 0.717) is 6.54 Å². The van der Waals surface area contributed by atoms with Crippen molar-refractivity contribution in [2.24, 2.45) is 11.1 Å². The number of carbonyl (C=O) groups excluding carboxylic acids is 1. The van der Waals surface area contributed by atoms with Gasteiger partial charge < -0.3 is 10.6 Å². The van der Waals surface area contributed by atoms with E-state index in [1.807, 2.05) is 40.0 Å². The van der Waals surface area contributed by atoms with Gasteiger partial charge in [0.2, 0.25) is 5.91 Å². The highest BCUT2D eigenvalue weighted by atomic mass is 16.2. The summed E-state index contributed by atoms with van der Waals surface area (Å²) in [6, 6.07) is 3.91. The Balaban J connectivity index is 2.93. The van der Waals surface area contributed by atoms with Crippen LogP contribution < -0.4 is 5.73 Å². The largest absolute Gasteiger partial charge is 0.338 e. The molecule has 0 aromatic carbocycles. The van der Waals surface area contributed by atoms with Crippen molar-refractivity contribution in [1.29, 1.82) is 0 Å². The summed E-state index contributed by atoms with van der Waals surface area (Å²) in [6.07, 6.45) is 5.04. The molecule has 1 aromatic heterocycles. The van der Waals surface area contributed by atoms with E-state index < -0.39 is 5.41 Å². The summed E-state index contributed by atoms with van der Waals surface area (Å²) in [6.45, 7) is 6.48. The van der Waals surface area contributed by atoms with Gasteiger partial charge in [-0.25, -0.2) is 0 Å².